The highest BCUT2D eigenvalue weighted by atomic mass is 32.1. The van der Waals surface area contributed by atoms with Gasteiger partial charge in [0.1, 0.15) is 11.6 Å². The van der Waals surface area contributed by atoms with Crippen molar-refractivity contribution in [3.8, 4) is 0 Å². The number of nitrogen functional groups attached to an aromatic ring is 1. The molecule has 0 aromatic carbocycles. The first-order chi connectivity index (χ1) is 8.17. The number of nitrogens with zero attached hydrogens (tertiary/aromatic N) is 2. The van der Waals surface area contributed by atoms with Crippen molar-refractivity contribution < 1.29 is 9.47 Å². The van der Waals surface area contributed by atoms with Gasteiger partial charge in [-0.05, 0) is 26.7 Å². The van der Waals surface area contributed by atoms with Crippen molar-refractivity contribution in [2.75, 3.05) is 5.43 Å². The first kappa shape index (κ1) is 12.7. The molecule has 17 heavy (non-hydrogen) atoms. The maximum absolute atomic E-state index is 5.83. The average molecular weight is 258 g/mol. The van der Waals surface area contributed by atoms with Gasteiger partial charge in [-0.1, -0.05) is 11.3 Å². The van der Waals surface area contributed by atoms with Crippen LogP contribution in [0.25, 0.3) is 0 Å². The predicted octanol–water partition coefficient (Wildman–Crippen LogP) is 1.30. The van der Waals surface area contributed by atoms with Crippen LogP contribution in [0.15, 0.2) is 0 Å². The predicted molar refractivity (Wildman–Crippen MR) is 65.5 cm³/mol. The number of nitrogens with two attached hydrogens (primary N) is 1. The molecule has 1 aromatic heterocycles. The second kappa shape index (κ2) is 5.72. The maximum Gasteiger partial charge on any atom is 0.219 e. The molecule has 1 fully saturated rings. The Morgan fingerprint density at radius 1 is 1.41 bits per heavy atom. The van der Waals surface area contributed by atoms with E-state index in [1.54, 1.807) is 0 Å². The Balaban J connectivity index is 1.81. The van der Waals surface area contributed by atoms with Gasteiger partial charge in [-0.15, -0.1) is 10.2 Å². The monoisotopic (exact) mass is 258 g/mol. The topological polar surface area (TPSA) is 82.3 Å². The first-order valence-corrected chi connectivity index (χ1v) is 6.55. The molecule has 1 aliphatic rings. The number of anilines is 1. The molecule has 0 spiro atoms. The van der Waals surface area contributed by atoms with E-state index in [0.29, 0.717) is 11.7 Å². The molecule has 0 radical (unpaired) electrons. The van der Waals surface area contributed by atoms with Gasteiger partial charge in [-0.2, -0.15) is 0 Å². The molecule has 0 bridgehead atoms. The van der Waals surface area contributed by atoms with E-state index in [1.165, 1.54) is 11.3 Å². The number of rotatable bonds is 4. The van der Waals surface area contributed by atoms with E-state index in [0.717, 1.165) is 17.8 Å². The minimum atomic E-state index is 0.243. The zero-order chi connectivity index (χ0) is 12.3. The number of hydrogen-bond acceptors (Lipinski definition) is 7. The summed E-state index contributed by atoms with van der Waals surface area (Å²) in [5.74, 6) is 5.24. The summed E-state index contributed by atoms with van der Waals surface area (Å²) < 4.78 is 11.5. The molecule has 0 aliphatic carbocycles. The van der Waals surface area contributed by atoms with E-state index in [1.807, 2.05) is 0 Å². The fourth-order valence-electron chi connectivity index (χ4n) is 2.04. The fourth-order valence-corrected chi connectivity index (χ4v) is 2.61. The lowest BCUT2D eigenvalue weighted by Gasteiger charge is -2.31. The van der Waals surface area contributed by atoms with E-state index >= 15 is 0 Å². The minimum Gasteiger partial charge on any atom is -0.375 e. The van der Waals surface area contributed by atoms with Crippen molar-refractivity contribution in [2.45, 2.75) is 51.6 Å². The molecule has 2 atom stereocenters. The molecule has 1 aliphatic heterocycles. The van der Waals surface area contributed by atoms with Gasteiger partial charge < -0.3 is 9.47 Å². The zero-order valence-corrected chi connectivity index (χ0v) is 10.9. The van der Waals surface area contributed by atoms with Crippen LogP contribution in [0.5, 0.6) is 0 Å². The summed E-state index contributed by atoms with van der Waals surface area (Å²) in [4.78, 5) is 0. The molecule has 2 heterocycles. The van der Waals surface area contributed by atoms with Gasteiger partial charge in [-0.3, -0.25) is 5.43 Å². The first-order valence-electron chi connectivity index (χ1n) is 5.73. The third-order valence-electron chi connectivity index (χ3n) is 2.69. The lowest BCUT2D eigenvalue weighted by molar-refractivity contribution is -0.106. The van der Waals surface area contributed by atoms with Crippen LogP contribution in [0.3, 0.4) is 0 Å². The van der Waals surface area contributed by atoms with Crippen LogP contribution in [-0.2, 0) is 16.1 Å². The van der Waals surface area contributed by atoms with E-state index in [9.17, 15) is 0 Å². The highest BCUT2D eigenvalue weighted by Crippen LogP contribution is 2.23. The summed E-state index contributed by atoms with van der Waals surface area (Å²) >= 11 is 1.41. The van der Waals surface area contributed by atoms with E-state index in [2.05, 4.69) is 29.5 Å². The standard InChI is InChI=1S/C10H18N4O2S/c1-6-3-8(4-7(2)16-6)15-5-9-13-14-10(12-11)17-9/h6-8H,3-5,11H2,1-2H3,(H,12,14). The summed E-state index contributed by atoms with van der Waals surface area (Å²) in [5.41, 5.74) is 2.47. The Kier molecular flexibility index (Phi) is 4.27. The van der Waals surface area contributed by atoms with Crippen molar-refractivity contribution in [1.82, 2.24) is 10.2 Å². The van der Waals surface area contributed by atoms with E-state index in [-0.39, 0.29) is 18.3 Å². The Morgan fingerprint density at radius 3 is 2.71 bits per heavy atom. The van der Waals surface area contributed by atoms with Crippen molar-refractivity contribution in [2.24, 2.45) is 5.84 Å². The summed E-state index contributed by atoms with van der Waals surface area (Å²) in [6.07, 6.45) is 2.64. The fraction of sp³-hybridized carbons (Fsp3) is 0.800. The lowest BCUT2D eigenvalue weighted by Crippen LogP contribution is -2.33. The third-order valence-corrected chi connectivity index (χ3v) is 3.52. The van der Waals surface area contributed by atoms with Gasteiger partial charge in [0.25, 0.3) is 0 Å². The molecule has 0 amide bonds. The molecule has 3 N–H and O–H groups in total. The Morgan fingerprint density at radius 2 is 2.12 bits per heavy atom. The zero-order valence-electron chi connectivity index (χ0n) is 10.0. The smallest absolute Gasteiger partial charge is 0.219 e. The lowest BCUT2D eigenvalue weighted by atomic mass is 10.0. The van der Waals surface area contributed by atoms with Gasteiger partial charge in [0.05, 0.1) is 18.3 Å². The molecule has 1 aromatic rings. The van der Waals surface area contributed by atoms with Crippen molar-refractivity contribution >= 4 is 16.5 Å². The van der Waals surface area contributed by atoms with Gasteiger partial charge in [0.2, 0.25) is 5.13 Å². The van der Waals surface area contributed by atoms with Crippen LogP contribution in [0.1, 0.15) is 31.7 Å². The molecule has 7 heteroatoms. The highest BCUT2D eigenvalue weighted by molar-refractivity contribution is 7.15. The normalized spacial score (nSPS) is 29.2. The third kappa shape index (κ3) is 3.60. The SMILES string of the molecule is CC1CC(OCc2nnc(NN)s2)CC(C)O1. The quantitative estimate of drug-likeness (QED) is 0.625. The summed E-state index contributed by atoms with van der Waals surface area (Å²) in [6, 6.07) is 0. The second-order valence-electron chi connectivity index (χ2n) is 4.31. The molecule has 96 valence electrons. The van der Waals surface area contributed by atoms with Crippen LogP contribution in [0.4, 0.5) is 5.13 Å². The van der Waals surface area contributed by atoms with Crippen LogP contribution in [0.2, 0.25) is 0 Å². The van der Waals surface area contributed by atoms with Crippen molar-refractivity contribution in [3.63, 3.8) is 0 Å². The molecular weight excluding hydrogens is 240 g/mol. The van der Waals surface area contributed by atoms with E-state index < -0.39 is 0 Å². The Bertz CT molecular complexity index is 350. The second-order valence-corrected chi connectivity index (χ2v) is 5.37. The van der Waals surface area contributed by atoms with Crippen LogP contribution in [0, 0.1) is 0 Å². The van der Waals surface area contributed by atoms with Crippen LogP contribution in [-0.4, -0.2) is 28.5 Å². The minimum absolute atomic E-state index is 0.243. The van der Waals surface area contributed by atoms with Gasteiger partial charge in [0.15, 0.2) is 0 Å². The molecular formula is C10H18N4O2S. The number of nitrogens with one attached hydrogen (secondary N) is 1. The largest absolute Gasteiger partial charge is 0.375 e. The summed E-state index contributed by atoms with van der Waals surface area (Å²) in [5, 5.41) is 9.28. The van der Waals surface area contributed by atoms with Gasteiger partial charge in [0, 0.05) is 0 Å². The van der Waals surface area contributed by atoms with Crippen molar-refractivity contribution in [1.29, 1.82) is 0 Å². The number of hydrogen-bond donors (Lipinski definition) is 2. The maximum atomic E-state index is 5.83. The van der Waals surface area contributed by atoms with Crippen LogP contribution < -0.4 is 11.3 Å². The number of ether oxygens (including phenoxy) is 2. The van der Waals surface area contributed by atoms with Crippen LogP contribution >= 0.6 is 11.3 Å². The molecule has 1 saturated heterocycles. The molecule has 6 nitrogen and oxygen atoms in total. The summed E-state index contributed by atoms with van der Waals surface area (Å²) in [6.45, 7) is 4.64. The van der Waals surface area contributed by atoms with E-state index in [4.69, 9.17) is 15.3 Å². The highest BCUT2D eigenvalue weighted by Gasteiger charge is 2.25. The Labute approximate surface area is 104 Å². The number of aromatic nitrogens is 2. The molecule has 2 unspecified atom stereocenters. The number of hydrazine groups is 1. The summed E-state index contributed by atoms with van der Waals surface area (Å²) in [7, 11) is 0. The Hall–Kier alpha value is -0.760. The van der Waals surface area contributed by atoms with Crippen molar-refractivity contribution in [3.05, 3.63) is 5.01 Å². The molecule has 0 saturated carbocycles. The van der Waals surface area contributed by atoms with Gasteiger partial charge in [-0.25, -0.2) is 5.84 Å². The average Bonchev–Trinajstić information content (AvgIpc) is 2.73. The van der Waals surface area contributed by atoms with Gasteiger partial charge >= 0.3 is 0 Å². The molecule has 2 rings (SSSR count).